The zero-order chi connectivity index (χ0) is 22.0. The van der Waals surface area contributed by atoms with Crippen LogP contribution in [-0.2, 0) is 0 Å². The van der Waals surface area contributed by atoms with Crippen LogP contribution in [0, 0.1) is 0 Å². The lowest BCUT2D eigenvalue weighted by molar-refractivity contribution is 0.0948. The maximum atomic E-state index is 13.1. The summed E-state index contributed by atoms with van der Waals surface area (Å²) in [6, 6.07) is 11.2. The lowest BCUT2D eigenvalue weighted by Gasteiger charge is -2.24. The van der Waals surface area contributed by atoms with Gasteiger partial charge in [0.15, 0.2) is 11.5 Å². The molecule has 0 aliphatic carbocycles. The smallest absolute Gasteiger partial charge is 0.256 e. The van der Waals surface area contributed by atoms with Crippen LogP contribution in [-0.4, -0.2) is 41.6 Å². The summed E-state index contributed by atoms with van der Waals surface area (Å²) in [5.74, 6) is 0.991. The lowest BCUT2D eigenvalue weighted by atomic mass is 10.1. The van der Waals surface area contributed by atoms with Gasteiger partial charge in [-0.1, -0.05) is 32.0 Å². The van der Waals surface area contributed by atoms with Crippen LogP contribution in [0.1, 0.15) is 37.0 Å². The first-order chi connectivity index (χ1) is 15.1. The minimum atomic E-state index is -0.333. The van der Waals surface area contributed by atoms with E-state index in [4.69, 9.17) is 4.74 Å². The summed E-state index contributed by atoms with van der Waals surface area (Å²) in [6.07, 6.45) is 4.07. The number of carbonyl (C=O) groups excluding carboxylic acids is 1. The van der Waals surface area contributed by atoms with Gasteiger partial charge in [-0.15, -0.1) is 9.24 Å². The number of hydrogen-bond donors (Lipinski definition) is 1. The maximum absolute atomic E-state index is 13.1. The Labute approximate surface area is 184 Å². The molecule has 3 aromatic rings. The van der Waals surface area contributed by atoms with Gasteiger partial charge >= 0.3 is 0 Å². The Morgan fingerprint density at radius 1 is 1.13 bits per heavy atom. The lowest BCUT2D eigenvalue weighted by Crippen LogP contribution is -2.36. The number of hydrogen-bond acceptors (Lipinski definition) is 4. The maximum Gasteiger partial charge on any atom is 0.256 e. The monoisotopic (exact) mass is 437 g/mol. The van der Waals surface area contributed by atoms with Crippen molar-refractivity contribution in [1.82, 2.24) is 14.8 Å². The third-order valence-corrected chi connectivity index (χ3v) is 6.10. The molecule has 7 heteroatoms. The molecule has 1 N–H and O–H groups in total. The van der Waals surface area contributed by atoms with Crippen LogP contribution >= 0.6 is 9.24 Å². The van der Waals surface area contributed by atoms with Gasteiger partial charge in [-0.05, 0) is 44.1 Å². The molecule has 1 amide bonds. The molecule has 6 nitrogen and oxygen atoms in total. The Balaban J connectivity index is 0.00000112. The molecule has 3 heterocycles. The van der Waals surface area contributed by atoms with Crippen LogP contribution in [0.25, 0.3) is 16.6 Å². The topological polar surface area (TPSA) is 63.6 Å². The number of likely N-dealkylation sites (tertiary alicyclic amines) is 1. The molecule has 2 aliphatic rings. The zero-order valence-electron chi connectivity index (χ0n) is 18.0. The molecular formula is C24H28N3O3P. The summed E-state index contributed by atoms with van der Waals surface area (Å²) < 4.78 is 7.97. The highest BCUT2D eigenvalue weighted by Gasteiger charge is 2.25. The Morgan fingerprint density at radius 2 is 1.87 bits per heavy atom. The Morgan fingerprint density at radius 3 is 2.65 bits per heavy atom. The number of pyridine rings is 1. The van der Waals surface area contributed by atoms with Gasteiger partial charge in [-0.3, -0.25) is 9.59 Å². The first-order valence-electron chi connectivity index (χ1n) is 10.9. The van der Waals surface area contributed by atoms with Crippen LogP contribution in [0.5, 0.6) is 11.5 Å². The van der Waals surface area contributed by atoms with Crippen molar-refractivity contribution >= 4 is 31.4 Å². The summed E-state index contributed by atoms with van der Waals surface area (Å²) in [5, 5.41) is 4.26. The average Bonchev–Trinajstić information content (AvgIpc) is 3.32. The second kappa shape index (κ2) is 9.21. The van der Waals surface area contributed by atoms with Gasteiger partial charge in [-0.2, -0.15) is 0 Å². The van der Waals surface area contributed by atoms with E-state index < -0.39 is 0 Å². The Bertz CT molecular complexity index is 1180. The molecule has 0 radical (unpaired) electrons. The van der Waals surface area contributed by atoms with Crippen molar-refractivity contribution in [2.24, 2.45) is 0 Å². The predicted octanol–water partition coefficient (Wildman–Crippen LogP) is 3.45. The van der Waals surface area contributed by atoms with Gasteiger partial charge in [0.2, 0.25) is 5.43 Å². The van der Waals surface area contributed by atoms with Crippen molar-refractivity contribution in [3.8, 4) is 17.2 Å². The molecule has 31 heavy (non-hydrogen) atoms. The number of nitrogens with zero attached hydrogens (tertiary/aromatic N) is 2. The summed E-state index contributed by atoms with van der Waals surface area (Å²) in [6.45, 7) is 7.50. The largest absolute Gasteiger partial charge is 0.452 e. The number of para-hydroxylation sites is 2. The number of nitrogens with one attached hydrogen (secondary N) is 1. The molecule has 162 valence electrons. The summed E-state index contributed by atoms with van der Waals surface area (Å²) in [7, 11) is 2.65. The fourth-order valence-electron chi connectivity index (χ4n) is 4.15. The van der Waals surface area contributed by atoms with Crippen molar-refractivity contribution in [2.45, 2.75) is 26.7 Å². The number of fused-ring (bicyclic) bond motifs is 2. The Hall–Kier alpha value is -2.69. The van der Waals surface area contributed by atoms with Crippen LogP contribution < -0.4 is 20.8 Å². The van der Waals surface area contributed by atoms with Gasteiger partial charge in [0.1, 0.15) is 11.1 Å². The van der Waals surface area contributed by atoms with Crippen molar-refractivity contribution < 1.29 is 9.53 Å². The van der Waals surface area contributed by atoms with E-state index in [1.165, 1.54) is 12.8 Å². The molecule has 1 atom stereocenters. The SMILES string of the molecule is CC.O=C(NCCN1CCCC1)c1cn2c3c(c(P)ccc3c1=O)Oc1ccccc1-2. The van der Waals surface area contributed by atoms with E-state index in [-0.39, 0.29) is 16.9 Å². The Kier molecular flexibility index (Phi) is 6.40. The third-order valence-electron chi connectivity index (χ3n) is 5.64. The molecule has 0 bridgehead atoms. The molecule has 5 rings (SSSR count). The van der Waals surface area contributed by atoms with Crippen LogP contribution in [0.2, 0.25) is 0 Å². The van der Waals surface area contributed by atoms with E-state index in [0.29, 0.717) is 28.9 Å². The molecule has 2 aliphatic heterocycles. The summed E-state index contributed by atoms with van der Waals surface area (Å²) in [4.78, 5) is 28.3. The molecule has 1 aromatic heterocycles. The minimum absolute atomic E-state index is 0.151. The first-order valence-corrected chi connectivity index (χ1v) is 11.5. The third kappa shape index (κ3) is 3.98. The molecule has 1 fully saturated rings. The number of amides is 1. The highest BCUT2D eigenvalue weighted by atomic mass is 31.0. The van der Waals surface area contributed by atoms with Crippen molar-refractivity contribution in [2.75, 3.05) is 26.2 Å². The molecule has 0 spiro atoms. The van der Waals surface area contributed by atoms with Crippen LogP contribution in [0.3, 0.4) is 0 Å². The van der Waals surface area contributed by atoms with E-state index in [0.717, 1.165) is 30.6 Å². The summed E-state index contributed by atoms with van der Waals surface area (Å²) in [5.41, 5.74) is 1.38. The average molecular weight is 437 g/mol. The van der Waals surface area contributed by atoms with Gasteiger partial charge in [0, 0.05) is 24.6 Å². The molecule has 1 unspecified atom stereocenters. The van der Waals surface area contributed by atoms with Crippen molar-refractivity contribution in [3.05, 3.63) is 58.4 Å². The number of carbonyl (C=O) groups is 1. The quantitative estimate of drug-likeness (QED) is 0.497. The minimum Gasteiger partial charge on any atom is -0.452 e. The molecule has 1 saturated heterocycles. The number of aromatic nitrogens is 1. The van der Waals surface area contributed by atoms with Crippen molar-refractivity contribution in [1.29, 1.82) is 0 Å². The standard InChI is InChI=1S/C22H22N3O3P.C2H6/c26-20-14-7-8-18(29)21-19(14)25(16-5-1-2-6-17(16)28-21)13-15(20)22(27)23-9-12-24-10-3-4-11-24;1-2/h1-2,5-8,13H,3-4,9-12,29H2,(H,23,27);1-2H3. The summed E-state index contributed by atoms with van der Waals surface area (Å²) >= 11 is 0. The second-order valence-electron chi connectivity index (χ2n) is 7.50. The normalized spacial score (nSPS) is 14.4. The second-order valence-corrected chi connectivity index (χ2v) is 8.12. The number of rotatable bonds is 4. The van der Waals surface area contributed by atoms with E-state index in [1.54, 1.807) is 12.3 Å². The molecule has 2 aromatic carbocycles. The molecule has 0 saturated carbocycles. The van der Waals surface area contributed by atoms with Crippen LogP contribution in [0.15, 0.2) is 47.4 Å². The van der Waals surface area contributed by atoms with Gasteiger partial charge in [0.05, 0.1) is 11.1 Å². The highest BCUT2D eigenvalue weighted by Crippen LogP contribution is 2.38. The van der Waals surface area contributed by atoms with Gasteiger partial charge < -0.3 is 19.5 Å². The zero-order valence-corrected chi connectivity index (χ0v) is 19.1. The predicted molar refractivity (Wildman–Crippen MR) is 128 cm³/mol. The van der Waals surface area contributed by atoms with E-state index in [9.17, 15) is 9.59 Å². The van der Waals surface area contributed by atoms with Crippen molar-refractivity contribution in [3.63, 3.8) is 0 Å². The van der Waals surface area contributed by atoms with E-state index in [2.05, 4.69) is 19.5 Å². The molecular weight excluding hydrogens is 409 g/mol. The number of ether oxygens (including phenoxy) is 1. The van der Waals surface area contributed by atoms with E-state index in [1.807, 2.05) is 48.7 Å². The number of benzene rings is 2. The fraction of sp³-hybridized carbons (Fsp3) is 0.333. The van der Waals surface area contributed by atoms with Gasteiger partial charge in [0.25, 0.3) is 5.91 Å². The first kappa shape index (κ1) is 21.5. The van der Waals surface area contributed by atoms with E-state index >= 15 is 0 Å². The highest BCUT2D eigenvalue weighted by molar-refractivity contribution is 7.27. The van der Waals surface area contributed by atoms with Gasteiger partial charge in [-0.25, -0.2) is 0 Å². The fourth-order valence-corrected chi connectivity index (χ4v) is 4.44. The van der Waals surface area contributed by atoms with Crippen LogP contribution in [0.4, 0.5) is 0 Å².